The summed E-state index contributed by atoms with van der Waals surface area (Å²) in [6.07, 6.45) is -3.11. The number of carbonyl (C=O) groups excluding carboxylic acids is 3. The van der Waals surface area contributed by atoms with Crippen LogP contribution < -0.4 is 15.1 Å². The lowest BCUT2D eigenvalue weighted by Crippen LogP contribution is -2.43. The number of carbonyl (C=O) groups is 3. The lowest BCUT2D eigenvalue weighted by Gasteiger charge is -2.36. The second-order valence-corrected chi connectivity index (χ2v) is 18.3. The number of hydrogen-bond acceptors (Lipinski definition) is 7. The summed E-state index contributed by atoms with van der Waals surface area (Å²) in [6, 6.07) is 8.09. The van der Waals surface area contributed by atoms with Crippen molar-refractivity contribution >= 4 is 38.0 Å². The summed E-state index contributed by atoms with van der Waals surface area (Å²) in [7, 11) is -2.04. The number of anilines is 2. The average molecular weight is 634 g/mol. The van der Waals surface area contributed by atoms with E-state index in [2.05, 4.69) is 39.2 Å². The van der Waals surface area contributed by atoms with Crippen molar-refractivity contribution in [2.75, 3.05) is 36.0 Å². The predicted molar refractivity (Wildman–Crippen MR) is 164 cm³/mol. The van der Waals surface area contributed by atoms with Crippen LogP contribution in [0.4, 0.5) is 34.5 Å². The second-order valence-electron chi connectivity index (χ2n) is 13.5. The maximum Gasteiger partial charge on any atom is 0.414 e. The van der Waals surface area contributed by atoms with Crippen LogP contribution in [0.1, 0.15) is 41.5 Å². The number of halogens is 2. The molecular weight excluding hydrogens is 592 g/mol. The highest BCUT2D eigenvalue weighted by Crippen LogP contribution is 2.37. The summed E-state index contributed by atoms with van der Waals surface area (Å²) in [5.74, 6) is -1.47. The number of rotatable bonds is 8. The summed E-state index contributed by atoms with van der Waals surface area (Å²) in [5, 5.41) is 2.55. The van der Waals surface area contributed by atoms with Crippen LogP contribution in [0.2, 0.25) is 18.1 Å². The van der Waals surface area contributed by atoms with Gasteiger partial charge in [0.25, 0.3) is 0 Å². The van der Waals surface area contributed by atoms with Crippen molar-refractivity contribution in [2.45, 2.75) is 77.5 Å². The molecule has 44 heavy (non-hydrogen) atoms. The zero-order chi connectivity index (χ0) is 32.6. The van der Waals surface area contributed by atoms with Crippen molar-refractivity contribution in [3.8, 4) is 11.1 Å². The largest absolute Gasteiger partial charge is 0.444 e. The number of alkyl carbamates (subject to hydrolysis) is 1. The standard InChI is InChI=1S/C31H41F2N3O7Si/c1-30(2,3)43-27(37)34-15-21-16-35(28(38)41-21)19-9-11-23(25(32)13-19)24-12-10-20(14-26(24)33)36-17-22(42-29(36)39)18-40-44(7,8)31(4,5)6/h9-14,21-22H,15-18H2,1-8H3,(H,34,37)/t21-,22-/m1/s1. The van der Waals surface area contributed by atoms with Crippen LogP contribution >= 0.6 is 0 Å². The molecule has 0 unspecified atom stereocenters. The number of amides is 3. The van der Waals surface area contributed by atoms with Crippen molar-refractivity contribution in [1.29, 1.82) is 0 Å². The molecule has 0 aromatic heterocycles. The Morgan fingerprint density at radius 2 is 1.36 bits per heavy atom. The first-order chi connectivity index (χ1) is 20.3. The topological polar surface area (TPSA) is 107 Å². The maximum absolute atomic E-state index is 15.3. The minimum Gasteiger partial charge on any atom is -0.444 e. The molecule has 2 heterocycles. The molecule has 4 rings (SSSR count). The Morgan fingerprint density at radius 1 is 0.886 bits per heavy atom. The molecule has 2 aromatic carbocycles. The number of benzene rings is 2. The van der Waals surface area contributed by atoms with E-state index in [1.54, 1.807) is 20.8 Å². The summed E-state index contributed by atoms with van der Waals surface area (Å²) < 4.78 is 52.7. The van der Waals surface area contributed by atoms with Crippen LogP contribution in [0.5, 0.6) is 0 Å². The van der Waals surface area contributed by atoms with Gasteiger partial charge in [-0.15, -0.1) is 0 Å². The molecule has 2 aliphatic heterocycles. The predicted octanol–water partition coefficient (Wildman–Crippen LogP) is 6.83. The van der Waals surface area contributed by atoms with E-state index in [9.17, 15) is 14.4 Å². The smallest absolute Gasteiger partial charge is 0.414 e. The van der Waals surface area contributed by atoms with Gasteiger partial charge < -0.3 is 24.0 Å². The highest BCUT2D eigenvalue weighted by atomic mass is 28.4. The van der Waals surface area contributed by atoms with Gasteiger partial charge in [-0.05, 0) is 75.3 Å². The number of nitrogens with zero attached hydrogens (tertiary/aromatic N) is 2. The van der Waals surface area contributed by atoms with E-state index in [0.29, 0.717) is 0 Å². The molecule has 1 N–H and O–H groups in total. The molecule has 0 saturated carbocycles. The summed E-state index contributed by atoms with van der Waals surface area (Å²) in [6.45, 7) is 16.3. The van der Waals surface area contributed by atoms with E-state index < -0.39 is 56.0 Å². The van der Waals surface area contributed by atoms with Crippen LogP contribution in [0, 0.1) is 11.6 Å². The molecule has 0 spiro atoms. The van der Waals surface area contributed by atoms with Gasteiger partial charge in [-0.25, -0.2) is 23.2 Å². The van der Waals surface area contributed by atoms with E-state index in [0.717, 1.165) is 6.07 Å². The number of hydrogen-bond donors (Lipinski definition) is 1. The average Bonchev–Trinajstić information content (AvgIpc) is 3.46. The first kappa shape index (κ1) is 33.2. The Kier molecular flexibility index (Phi) is 9.31. The fourth-order valence-electron chi connectivity index (χ4n) is 4.47. The first-order valence-electron chi connectivity index (χ1n) is 14.5. The fourth-order valence-corrected chi connectivity index (χ4v) is 5.50. The van der Waals surface area contributed by atoms with Gasteiger partial charge in [0.05, 0.1) is 37.6 Å². The highest BCUT2D eigenvalue weighted by molar-refractivity contribution is 6.74. The van der Waals surface area contributed by atoms with Gasteiger partial charge in [0, 0.05) is 11.1 Å². The second kappa shape index (κ2) is 12.4. The van der Waals surface area contributed by atoms with Crippen LogP contribution in [-0.4, -0.2) is 70.6 Å². The van der Waals surface area contributed by atoms with Gasteiger partial charge in [-0.3, -0.25) is 9.80 Å². The molecule has 2 fully saturated rings. The third-order valence-electron chi connectivity index (χ3n) is 7.88. The van der Waals surface area contributed by atoms with Gasteiger partial charge in [-0.2, -0.15) is 0 Å². The van der Waals surface area contributed by atoms with Gasteiger partial charge in [-0.1, -0.05) is 20.8 Å². The monoisotopic (exact) mass is 633 g/mol. The van der Waals surface area contributed by atoms with E-state index in [1.165, 1.54) is 40.1 Å². The third kappa shape index (κ3) is 7.67. The Morgan fingerprint density at radius 3 is 1.82 bits per heavy atom. The zero-order valence-electron chi connectivity index (χ0n) is 26.5. The van der Waals surface area contributed by atoms with Gasteiger partial charge in [0.2, 0.25) is 0 Å². The van der Waals surface area contributed by atoms with Crippen LogP contribution in [0.25, 0.3) is 11.1 Å². The number of ether oxygens (including phenoxy) is 3. The molecule has 3 amide bonds. The normalized spacial score (nSPS) is 19.2. The molecule has 2 aromatic rings. The van der Waals surface area contributed by atoms with Crippen molar-refractivity contribution in [3.63, 3.8) is 0 Å². The van der Waals surface area contributed by atoms with Gasteiger partial charge in [0.15, 0.2) is 8.32 Å². The Hall–Kier alpha value is -3.71. The molecule has 0 radical (unpaired) electrons. The van der Waals surface area contributed by atoms with Crippen LogP contribution in [0.15, 0.2) is 36.4 Å². The lowest BCUT2D eigenvalue weighted by atomic mass is 10.0. The molecular formula is C31H41F2N3O7Si. The molecule has 13 heteroatoms. The molecule has 2 saturated heterocycles. The van der Waals surface area contributed by atoms with Crippen molar-refractivity contribution in [3.05, 3.63) is 48.0 Å². The SMILES string of the molecule is CC(C)(C)OC(=O)NC[C@@H]1CN(c2ccc(-c3ccc(N4C[C@H](CO[Si](C)(C)C(C)(C)C)OC4=O)cc3F)c(F)c2)C(=O)O1. The van der Waals surface area contributed by atoms with Gasteiger partial charge >= 0.3 is 18.3 Å². The van der Waals surface area contributed by atoms with Crippen LogP contribution in [0.3, 0.4) is 0 Å². The molecule has 0 aliphatic carbocycles. The lowest BCUT2D eigenvalue weighted by molar-refractivity contribution is 0.0496. The number of cyclic esters (lactones) is 2. The molecule has 0 bridgehead atoms. The quantitative estimate of drug-likeness (QED) is 0.251. The van der Waals surface area contributed by atoms with Gasteiger partial charge in [0.1, 0.15) is 29.4 Å². The maximum atomic E-state index is 15.3. The minimum atomic E-state index is -2.04. The zero-order valence-corrected chi connectivity index (χ0v) is 27.5. The number of nitrogens with one attached hydrogen (secondary N) is 1. The van der Waals surface area contributed by atoms with E-state index in [1.807, 2.05) is 0 Å². The summed E-state index contributed by atoms with van der Waals surface area (Å²) in [4.78, 5) is 39.5. The van der Waals surface area contributed by atoms with Crippen LogP contribution in [-0.2, 0) is 18.6 Å². The Labute approximate surface area is 257 Å². The summed E-state index contributed by atoms with van der Waals surface area (Å²) in [5.41, 5.74) is -0.192. The molecule has 2 aliphatic rings. The highest BCUT2D eigenvalue weighted by Gasteiger charge is 2.40. The van der Waals surface area contributed by atoms with E-state index in [-0.39, 0.29) is 53.8 Å². The van der Waals surface area contributed by atoms with Crippen molar-refractivity contribution in [2.24, 2.45) is 0 Å². The molecule has 2 atom stereocenters. The van der Waals surface area contributed by atoms with E-state index in [4.69, 9.17) is 18.6 Å². The molecule has 10 nitrogen and oxygen atoms in total. The molecule has 240 valence electrons. The third-order valence-corrected chi connectivity index (χ3v) is 12.4. The summed E-state index contributed by atoms with van der Waals surface area (Å²) >= 11 is 0. The Balaban J connectivity index is 1.40. The first-order valence-corrected chi connectivity index (χ1v) is 17.4. The van der Waals surface area contributed by atoms with Crippen molar-refractivity contribution < 1.29 is 41.8 Å². The van der Waals surface area contributed by atoms with Crippen molar-refractivity contribution in [1.82, 2.24) is 5.32 Å². The Bertz CT molecular complexity index is 1420. The fraction of sp³-hybridized carbons (Fsp3) is 0.516. The minimum absolute atomic E-state index is 0.00262. The van der Waals surface area contributed by atoms with E-state index >= 15 is 8.78 Å².